The van der Waals surface area contributed by atoms with Gasteiger partial charge in [-0.3, -0.25) is 0 Å². The second-order valence-electron chi connectivity index (χ2n) is 6.99. The molecule has 1 saturated heterocycles. The number of fused-ring (bicyclic) bond motifs is 1. The molecular weight excluding hydrogens is 339 g/mol. The molecule has 4 heteroatoms. The predicted octanol–water partition coefficient (Wildman–Crippen LogP) is 5.17. The van der Waals surface area contributed by atoms with Gasteiger partial charge in [0, 0.05) is 47.8 Å². The molecule has 24 heavy (non-hydrogen) atoms. The Morgan fingerprint density at radius 2 is 1.83 bits per heavy atom. The number of likely N-dealkylation sites (N-methyl/N-ethyl adjacent to an activating group) is 1. The Labute approximate surface area is 154 Å². The molecule has 2 aliphatic heterocycles. The molecule has 2 heterocycles. The van der Waals surface area contributed by atoms with Crippen LogP contribution in [0.5, 0.6) is 0 Å². The Kier molecular flexibility index (Phi) is 4.46. The van der Waals surface area contributed by atoms with Gasteiger partial charge in [-0.15, -0.1) is 0 Å². The third kappa shape index (κ3) is 3.03. The van der Waals surface area contributed by atoms with E-state index in [9.17, 15) is 0 Å². The van der Waals surface area contributed by atoms with E-state index in [0.29, 0.717) is 5.92 Å². The van der Waals surface area contributed by atoms with E-state index in [1.165, 1.54) is 48.3 Å². The minimum Gasteiger partial charge on any atom is -0.372 e. The molecule has 4 rings (SSSR count). The molecule has 126 valence electrons. The van der Waals surface area contributed by atoms with Gasteiger partial charge in [-0.25, -0.2) is 0 Å². The standard InChI is InChI=1S/C20H22Cl2N2/c1-23-12-18(17-10-15(21)11-20(22)19(17)13-23)14-5-4-6-16(9-14)24-7-2-3-8-24/h4-6,9-11,18H,2-3,7-8,12-13H2,1H3/t18-/m0/s1. The summed E-state index contributed by atoms with van der Waals surface area (Å²) in [5, 5.41) is 1.51. The van der Waals surface area contributed by atoms with Crippen molar-refractivity contribution in [1.29, 1.82) is 0 Å². The molecule has 1 atom stereocenters. The Bertz CT molecular complexity index is 753. The van der Waals surface area contributed by atoms with Crippen molar-refractivity contribution in [3.8, 4) is 0 Å². The zero-order chi connectivity index (χ0) is 16.7. The van der Waals surface area contributed by atoms with Crippen molar-refractivity contribution >= 4 is 28.9 Å². The molecule has 1 fully saturated rings. The van der Waals surface area contributed by atoms with Gasteiger partial charge in [0.2, 0.25) is 0 Å². The summed E-state index contributed by atoms with van der Waals surface area (Å²) in [5.74, 6) is 0.317. The minimum absolute atomic E-state index is 0.317. The third-order valence-corrected chi connectivity index (χ3v) is 5.79. The molecule has 0 aliphatic carbocycles. The smallest absolute Gasteiger partial charge is 0.0468 e. The van der Waals surface area contributed by atoms with Gasteiger partial charge in [0.25, 0.3) is 0 Å². The van der Waals surface area contributed by atoms with Gasteiger partial charge >= 0.3 is 0 Å². The summed E-state index contributed by atoms with van der Waals surface area (Å²) in [5.41, 5.74) is 5.19. The number of anilines is 1. The van der Waals surface area contributed by atoms with E-state index in [-0.39, 0.29) is 0 Å². The Balaban J connectivity index is 1.76. The van der Waals surface area contributed by atoms with Crippen molar-refractivity contribution in [1.82, 2.24) is 4.90 Å². The summed E-state index contributed by atoms with van der Waals surface area (Å²) in [6, 6.07) is 13.0. The van der Waals surface area contributed by atoms with Gasteiger partial charge in [0.15, 0.2) is 0 Å². The molecule has 2 aromatic carbocycles. The van der Waals surface area contributed by atoms with Crippen molar-refractivity contribution < 1.29 is 0 Å². The number of rotatable bonds is 2. The van der Waals surface area contributed by atoms with Crippen LogP contribution in [-0.4, -0.2) is 31.6 Å². The van der Waals surface area contributed by atoms with Gasteiger partial charge in [-0.2, -0.15) is 0 Å². The maximum absolute atomic E-state index is 6.48. The molecule has 0 saturated carbocycles. The van der Waals surface area contributed by atoms with E-state index in [1.54, 1.807) is 0 Å². The van der Waals surface area contributed by atoms with E-state index in [0.717, 1.165) is 23.1 Å². The van der Waals surface area contributed by atoms with E-state index in [2.05, 4.69) is 47.2 Å². The number of nitrogens with zero attached hydrogens (tertiary/aromatic N) is 2. The fourth-order valence-electron chi connectivity index (χ4n) is 4.04. The Morgan fingerprint density at radius 1 is 1.04 bits per heavy atom. The van der Waals surface area contributed by atoms with Crippen LogP contribution in [0.15, 0.2) is 36.4 Å². The van der Waals surface area contributed by atoms with Crippen LogP contribution in [0, 0.1) is 0 Å². The average Bonchev–Trinajstić information content (AvgIpc) is 3.10. The van der Waals surface area contributed by atoms with Crippen LogP contribution in [0.4, 0.5) is 5.69 Å². The highest BCUT2D eigenvalue weighted by atomic mass is 35.5. The lowest BCUT2D eigenvalue weighted by molar-refractivity contribution is 0.295. The first-order chi connectivity index (χ1) is 11.6. The van der Waals surface area contributed by atoms with Crippen molar-refractivity contribution in [3.05, 3.63) is 63.1 Å². The summed E-state index contributed by atoms with van der Waals surface area (Å²) in [6.07, 6.45) is 2.59. The molecule has 2 aliphatic rings. The fraction of sp³-hybridized carbons (Fsp3) is 0.400. The molecule has 0 radical (unpaired) electrons. The van der Waals surface area contributed by atoms with Gasteiger partial charge in [-0.1, -0.05) is 35.3 Å². The van der Waals surface area contributed by atoms with Crippen molar-refractivity contribution in [2.75, 3.05) is 31.6 Å². The number of halogens is 2. The monoisotopic (exact) mass is 360 g/mol. The molecule has 0 aromatic heterocycles. The van der Waals surface area contributed by atoms with E-state index < -0.39 is 0 Å². The maximum atomic E-state index is 6.48. The van der Waals surface area contributed by atoms with Crippen LogP contribution in [0.2, 0.25) is 10.0 Å². The largest absolute Gasteiger partial charge is 0.372 e. The number of hydrogen-bond acceptors (Lipinski definition) is 2. The van der Waals surface area contributed by atoms with Gasteiger partial charge in [0.05, 0.1) is 0 Å². The molecule has 2 nitrogen and oxygen atoms in total. The van der Waals surface area contributed by atoms with Crippen LogP contribution in [0.3, 0.4) is 0 Å². The van der Waals surface area contributed by atoms with Gasteiger partial charge in [-0.05, 0) is 60.8 Å². The molecule has 0 spiro atoms. The van der Waals surface area contributed by atoms with E-state index in [1.807, 2.05) is 6.07 Å². The number of benzene rings is 2. The summed E-state index contributed by atoms with van der Waals surface area (Å²) in [4.78, 5) is 4.83. The van der Waals surface area contributed by atoms with Gasteiger partial charge < -0.3 is 9.80 Å². The van der Waals surface area contributed by atoms with Crippen LogP contribution in [0.1, 0.15) is 35.4 Å². The lowest BCUT2D eigenvalue weighted by Crippen LogP contribution is -2.31. The third-order valence-electron chi connectivity index (χ3n) is 5.24. The molecule has 2 aromatic rings. The summed E-state index contributed by atoms with van der Waals surface area (Å²) >= 11 is 12.8. The normalized spacial score (nSPS) is 21.1. The first-order valence-corrected chi connectivity index (χ1v) is 9.38. The maximum Gasteiger partial charge on any atom is 0.0468 e. The topological polar surface area (TPSA) is 6.48 Å². The van der Waals surface area contributed by atoms with Crippen molar-refractivity contribution in [2.24, 2.45) is 0 Å². The highest BCUT2D eigenvalue weighted by Crippen LogP contribution is 2.39. The summed E-state index contributed by atoms with van der Waals surface area (Å²) in [6.45, 7) is 4.21. The van der Waals surface area contributed by atoms with Crippen molar-refractivity contribution in [3.63, 3.8) is 0 Å². The van der Waals surface area contributed by atoms with Crippen LogP contribution in [0.25, 0.3) is 0 Å². The Hall–Kier alpha value is -1.22. The molecule has 0 unspecified atom stereocenters. The van der Waals surface area contributed by atoms with Crippen molar-refractivity contribution in [2.45, 2.75) is 25.3 Å². The molecular formula is C20H22Cl2N2. The first-order valence-electron chi connectivity index (χ1n) is 8.63. The van der Waals surface area contributed by atoms with Crippen LogP contribution >= 0.6 is 23.2 Å². The lowest BCUT2D eigenvalue weighted by atomic mass is 9.84. The zero-order valence-corrected chi connectivity index (χ0v) is 15.4. The van der Waals surface area contributed by atoms with Crippen LogP contribution in [-0.2, 0) is 6.54 Å². The SMILES string of the molecule is CN1Cc2c(Cl)cc(Cl)cc2[C@H](c2cccc(N3CCCC3)c2)C1. The van der Waals surface area contributed by atoms with E-state index in [4.69, 9.17) is 23.2 Å². The predicted molar refractivity (Wildman–Crippen MR) is 103 cm³/mol. The summed E-state index contributed by atoms with van der Waals surface area (Å²) < 4.78 is 0. The molecule has 0 N–H and O–H groups in total. The second-order valence-corrected chi connectivity index (χ2v) is 7.84. The Morgan fingerprint density at radius 3 is 2.62 bits per heavy atom. The second kappa shape index (κ2) is 6.59. The minimum atomic E-state index is 0.317. The summed E-state index contributed by atoms with van der Waals surface area (Å²) in [7, 11) is 2.16. The van der Waals surface area contributed by atoms with E-state index >= 15 is 0 Å². The lowest BCUT2D eigenvalue weighted by Gasteiger charge is -2.34. The average molecular weight is 361 g/mol. The highest BCUT2D eigenvalue weighted by molar-refractivity contribution is 6.35. The first kappa shape index (κ1) is 16.3. The van der Waals surface area contributed by atoms with Gasteiger partial charge in [0.1, 0.15) is 0 Å². The highest BCUT2D eigenvalue weighted by Gasteiger charge is 2.27. The number of hydrogen-bond donors (Lipinski definition) is 0. The quantitative estimate of drug-likeness (QED) is 0.728. The molecule has 0 amide bonds. The van der Waals surface area contributed by atoms with Crippen LogP contribution < -0.4 is 4.90 Å². The molecule has 0 bridgehead atoms. The zero-order valence-electron chi connectivity index (χ0n) is 13.9. The fourth-order valence-corrected chi connectivity index (χ4v) is 4.61.